The number of aliphatic hydroxyl groups excluding tert-OH is 1. The van der Waals surface area contributed by atoms with E-state index < -0.39 is 32.8 Å². The number of benzene rings is 1. The van der Waals surface area contributed by atoms with Crippen molar-refractivity contribution in [1.82, 2.24) is 29.7 Å². The van der Waals surface area contributed by atoms with E-state index in [1.807, 2.05) is 12.3 Å². The molecule has 0 spiro atoms. The van der Waals surface area contributed by atoms with Crippen LogP contribution in [0.3, 0.4) is 0 Å². The molecule has 190 valence electrons. The largest absolute Gasteiger partial charge is 0.494 e. The maximum atomic E-state index is 13.4. The van der Waals surface area contributed by atoms with Crippen molar-refractivity contribution in [3.8, 4) is 28.0 Å². The van der Waals surface area contributed by atoms with Gasteiger partial charge >= 0.3 is 0 Å². The van der Waals surface area contributed by atoms with E-state index in [1.54, 1.807) is 18.2 Å². The maximum absolute atomic E-state index is 13.4. The number of thiazole rings is 1. The van der Waals surface area contributed by atoms with Gasteiger partial charge in [-0.2, -0.15) is 0 Å². The molecule has 0 aliphatic carbocycles. The molecule has 3 aromatic heterocycles. The standard InChI is InChI=1S/C22H23FN6O5S2/c1-12-10-35-22(26-12)21-28-27-17(29(21)18-15(33-3)6-5-7-16(18)34-4)11-36(31,32)13(2)19(30)20-24-8-14(23)9-25-20/h5-10,13,19,30H,11H2,1-4H3/t13-,19+/m1/s1. The summed E-state index contributed by atoms with van der Waals surface area (Å²) in [5.74, 6) is -0.351. The molecule has 2 atom stereocenters. The van der Waals surface area contributed by atoms with E-state index in [-0.39, 0.29) is 11.6 Å². The summed E-state index contributed by atoms with van der Waals surface area (Å²) in [6.07, 6.45) is 0.129. The average Bonchev–Trinajstić information content (AvgIpc) is 3.48. The van der Waals surface area contributed by atoms with E-state index in [9.17, 15) is 17.9 Å². The minimum absolute atomic E-state index is 0.0553. The van der Waals surface area contributed by atoms with Crippen molar-refractivity contribution in [2.75, 3.05) is 14.2 Å². The van der Waals surface area contributed by atoms with Crippen molar-refractivity contribution in [2.24, 2.45) is 0 Å². The van der Waals surface area contributed by atoms with Gasteiger partial charge in [0.1, 0.15) is 29.0 Å². The minimum atomic E-state index is -4.05. The van der Waals surface area contributed by atoms with Gasteiger partial charge in [0.2, 0.25) is 0 Å². The summed E-state index contributed by atoms with van der Waals surface area (Å²) in [5, 5.41) is 20.0. The lowest BCUT2D eigenvalue weighted by atomic mass is 10.2. The van der Waals surface area contributed by atoms with Gasteiger partial charge < -0.3 is 14.6 Å². The molecule has 3 heterocycles. The number of aromatic nitrogens is 6. The summed E-state index contributed by atoms with van der Waals surface area (Å²) in [5.41, 5.74) is 1.16. The van der Waals surface area contributed by atoms with Gasteiger partial charge in [0.25, 0.3) is 0 Å². The van der Waals surface area contributed by atoms with Gasteiger partial charge in [0, 0.05) is 11.1 Å². The zero-order chi connectivity index (χ0) is 26.0. The van der Waals surface area contributed by atoms with Gasteiger partial charge in [-0.3, -0.25) is 4.57 Å². The Bertz CT molecular complexity index is 1450. The number of sulfone groups is 1. The van der Waals surface area contributed by atoms with Crippen LogP contribution in [-0.2, 0) is 15.6 Å². The lowest BCUT2D eigenvalue weighted by Crippen LogP contribution is -2.29. The molecule has 0 saturated carbocycles. The number of ether oxygens (including phenoxy) is 2. The van der Waals surface area contributed by atoms with Gasteiger partial charge in [0.15, 0.2) is 38.1 Å². The van der Waals surface area contributed by atoms with Crippen molar-refractivity contribution in [1.29, 1.82) is 0 Å². The molecular formula is C22H23FN6O5S2. The first-order valence-corrected chi connectivity index (χ1v) is 13.2. The molecule has 0 bridgehead atoms. The van der Waals surface area contributed by atoms with Gasteiger partial charge in [-0.15, -0.1) is 21.5 Å². The highest BCUT2D eigenvalue weighted by Gasteiger charge is 2.34. The molecule has 0 radical (unpaired) electrons. The summed E-state index contributed by atoms with van der Waals surface area (Å²) in [6.45, 7) is 3.15. The summed E-state index contributed by atoms with van der Waals surface area (Å²) in [6, 6.07) is 5.13. The number of hydrogen-bond donors (Lipinski definition) is 1. The molecule has 14 heteroatoms. The van der Waals surface area contributed by atoms with Gasteiger partial charge in [-0.1, -0.05) is 6.07 Å². The second-order valence-corrected chi connectivity index (χ2v) is 11.0. The van der Waals surface area contributed by atoms with E-state index in [2.05, 4.69) is 25.1 Å². The van der Waals surface area contributed by atoms with E-state index in [4.69, 9.17) is 9.47 Å². The third-order valence-corrected chi connectivity index (χ3v) is 8.42. The summed E-state index contributed by atoms with van der Waals surface area (Å²) in [7, 11) is -1.09. The molecule has 0 amide bonds. The first-order chi connectivity index (χ1) is 17.2. The second-order valence-electron chi connectivity index (χ2n) is 7.80. The first-order valence-electron chi connectivity index (χ1n) is 10.6. The van der Waals surface area contributed by atoms with Crippen LogP contribution in [-0.4, -0.2) is 62.7 Å². The Kier molecular flexibility index (Phi) is 7.28. The SMILES string of the molecule is COc1cccc(OC)c1-n1c(CS(=O)(=O)[C@H](C)[C@H](O)c2ncc(F)cn2)nnc1-c1nc(C)cs1. The van der Waals surface area contributed by atoms with Crippen LogP contribution in [0, 0.1) is 12.7 Å². The number of rotatable bonds is 9. The Balaban J connectivity index is 1.81. The monoisotopic (exact) mass is 534 g/mol. The second kappa shape index (κ2) is 10.2. The molecule has 4 rings (SSSR count). The number of aliphatic hydroxyl groups is 1. The first kappa shape index (κ1) is 25.6. The Morgan fingerprint density at radius 3 is 2.33 bits per heavy atom. The lowest BCUT2D eigenvalue weighted by molar-refractivity contribution is 0.165. The van der Waals surface area contributed by atoms with Crippen molar-refractivity contribution in [3.63, 3.8) is 0 Å². The lowest BCUT2D eigenvalue weighted by Gasteiger charge is -2.19. The third-order valence-electron chi connectivity index (χ3n) is 5.41. The molecule has 0 aliphatic rings. The van der Waals surface area contributed by atoms with Crippen molar-refractivity contribution in [2.45, 2.75) is 31.0 Å². The molecule has 0 fully saturated rings. The van der Waals surface area contributed by atoms with Crippen LogP contribution in [0.5, 0.6) is 11.5 Å². The van der Waals surface area contributed by atoms with Crippen molar-refractivity contribution < 1.29 is 27.4 Å². The van der Waals surface area contributed by atoms with Crippen LogP contribution in [0.15, 0.2) is 36.0 Å². The molecule has 4 aromatic rings. The number of nitrogens with zero attached hydrogens (tertiary/aromatic N) is 6. The number of methoxy groups -OCH3 is 2. The molecule has 1 aromatic carbocycles. The average molecular weight is 535 g/mol. The van der Waals surface area contributed by atoms with Crippen LogP contribution in [0.2, 0.25) is 0 Å². The Morgan fingerprint density at radius 2 is 1.78 bits per heavy atom. The molecule has 0 unspecified atom stereocenters. The van der Waals surface area contributed by atoms with Crippen LogP contribution in [0.1, 0.15) is 30.4 Å². The van der Waals surface area contributed by atoms with E-state index >= 15 is 0 Å². The van der Waals surface area contributed by atoms with E-state index in [1.165, 1.54) is 37.0 Å². The van der Waals surface area contributed by atoms with Crippen LogP contribution in [0.25, 0.3) is 16.5 Å². The molecule has 0 aliphatic heterocycles. The van der Waals surface area contributed by atoms with Gasteiger partial charge in [0.05, 0.1) is 31.9 Å². The number of hydrogen-bond acceptors (Lipinski definition) is 11. The number of aryl methyl sites for hydroxylation is 1. The topological polar surface area (TPSA) is 142 Å². The van der Waals surface area contributed by atoms with Crippen LogP contribution < -0.4 is 9.47 Å². The molecular weight excluding hydrogens is 511 g/mol. The highest BCUT2D eigenvalue weighted by atomic mass is 32.2. The zero-order valence-corrected chi connectivity index (χ0v) is 21.4. The fraction of sp³-hybridized carbons (Fsp3) is 0.318. The van der Waals surface area contributed by atoms with E-state index in [0.29, 0.717) is 28.0 Å². The Morgan fingerprint density at radius 1 is 1.14 bits per heavy atom. The highest BCUT2D eigenvalue weighted by molar-refractivity contribution is 7.91. The fourth-order valence-corrected chi connectivity index (χ4v) is 5.58. The van der Waals surface area contributed by atoms with Gasteiger partial charge in [-0.25, -0.2) is 27.8 Å². The van der Waals surface area contributed by atoms with Crippen LogP contribution >= 0.6 is 11.3 Å². The smallest absolute Gasteiger partial charge is 0.197 e. The maximum Gasteiger partial charge on any atom is 0.197 e. The Hall–Kier alpha value is -3.49. The number of para-hydroxylation sites is 1. The Labute approximate surface area is 210 Å². The summed E-state index contributed by atoms with van der Waals surface area (Å²) >= 11 is 1.33. The predicted octanol–water partition coefficient (Wildman–Crippen LogP) is 2.68. The molecule has 1 N–H and O–H groups in total. The number of halogens is 1. The quantitative estimate of drug-likeness (QED) is 0.340. The van der Waals surface area contributed by atoms with Crippen LogP contribution in [0.4, 0.5) is 4.39 Å². The van der Waals surface area contributed by atoms with Crippen molar-refractivity contribution >= 4 is 21.2 Å². The minimum Gasteiger partial charge on any atom is -0.494 e. The van der Waals surface area contributed by atoms with E-state index in [0.717, 1.165) is 18.1 Å². The zero-order valence-electron chi connectivity index (χ0n) is 19.8. The molecule has 36 heavy (non-hydrogen) atoms. The molecule has 0 saturated heterocycles. The normalized spacial score (nSPS) is 13.4. The molecule has 11 nitrogen and oxygen atoms in total. The third kappa shape index (κ3) is 4.92. The van der Waals surface area contributed by atoms with Gasteiger partial charge in [-0.05, 0) is 26.0 Å². The predicted molar refractivity (Wildman–Crippen MR) is 129 cm³/mol. The van der Waals surface area contributed by atoms with Crippen molar-refractivity contribution in [3.05, 3.63) is 59.1 Å². The summed E-state index contributed by atoms with van der Waals surface area (Å²) in [4.78, 5) is 11.9. The highest BCUT2D eigenvalue weighted by Crippen LogP contribution is 2.37. The summed E-state index contributed by atoms with van der Waals surface area (Å²) < 4.78 is 52.5. The fourth-order valence-electron chi connectivity index (χ4n) is 3.48.